The maximum Gasteiger partial charge on any atom is 0.341 e. The van der Waals surface area contributed by atoms with Gasteiger partial charge in [0.25, 0.3) is 0 Å². The van der Waals surface area contributed by atoms with Crippen molar-refractivity contribution in [3.05, 3.63) is 64.3 Å². The molecule has 1 heterocycles. The van der Waals surface area contributed by atoms with E-state index in [0.717, 1.165) is 27.7 Å². The summed E-state index contributed by atoms with van der Waals surface area (Å²) in [6.45, 7) is 6.05. The Morgan fingerprint density at radius 1 is 1.20 bits per heavy atom. The van der Waals surface area contributed by atoms with Crippen LogP contribution in [-0.2, 0) is 4.74 Å². The summed E-state index contributed by atoms with van der Waals surface area (Å²) in [6.07, 6.45) is 1.55. The molecule has 1 aromatic heterocycles. The number of carbonyl (C=O) groups excluding carboxylic acids is 1. The molecule has 0 spiro atoms. The van der Waals surface area contributed by atoms with Crippen LogP contribution in [0, 0.1) is 13.8 Å². The normalized spacial score (nSPS) is 10.7. The molecule has 0 aliphatic rings. The Bertz CT molecular complexity index is 937. The molecule has 0 saturated heterocycles. The second-order valence-electron chi connectivity index (χ2n) is 5.88. The van der Waals surface area contributed by atoms with Crippen molar-refractivity contribution in [2.24, 2.45) is 0 Å². The van der Waals surface area contributed by atoms with Gasteiger partial charge in [-0.15, -0.1) is 0 Å². The lowest BCUT2D eigenvalue weighted by atomic mass is 10.1. The predicted molar refractivity (Wildman–Crippen MR) is 102 cm³/mol. The molecule has 0 saturated carbocycles. The van der Waals surface area contributed by atoms with Crippen molar-refractivity contribution < 1.29 is 9.53 Å². The van der Waals surface area contributed by atoms with Gasteiger partial charge < -0.3 is 10.1 Å². The van der Waals surface area contributed by atoms with Crippen LogP contribution in [0.2, 0.25) is 5.02 Å². The number of ether oxygens (including phenoxy) is 1. The Kier molecular flexibility index (Phi) is 4.91. The number of hydrogen-bond donors (Lipinski definition) is 1. The van der Waals surface area contributed by atoms with E-state index in [-0.39, 0.29) is 0 Å². The Morgan fingerprint density at radius 2 is 1.92 bits per heavy atom. The number of carbonyl (C=O) groups is 1. The molecule has 0 fully saturated rings. The molecule has 1 N–H and O–H groups in total. The SMILES string of the molecule is CCOC(=O)c1cnc2c(C)cc(Cl)cc2c1Nc1ccc(C)cc1. The Balaban J connectivity index is 2.21. The van der Waals surface area contributed by atoms with E-state index in [0.29, 0.717) is 22.9 Å². The molecule has 0 unspecified atom stereocenters. The topological polar surface area (TPSA) is 51.2 Å². The lowest BCUT2D eigenvalue weighted by Crippen LogP contribution is -2.09. The lowest BCUT2D eigenvalue weighted by Gasteiger charge is -2.15. The highest BCUT2D eigenvalue weighted by Crippen LogP contribution is 2.33. The monoisotopic (exact) mass is 354 g/mol. The molecule has 5 heteroatoms. The van der Waals surface area contributed by atoms with Crippen molar-refractivity contribution in [2.45, 2.75) is 20.8 Å². The number of esters is 1. The standard InChI is InChI=1S/C20H19ClN2O2/c1-4-25-20(24)17-11-22-18-13(3)9-14(21)10-16(18)19(17)23-15-7-5-12(2)6-8-15/h5-11H,4H2,1-3H3,(H,22,23). The van der Waals surface area contributed by atoms with Crippen molar-refractivity contribution in [3.63, 3.8) is 0 Å². The number of nitrogens with one attached hydrogen (secondary N) is 1. The third-order valence-corrected chi connectivity index (χ3v) is 4.16. The number of halogens is 1. The van der Waals surface area contributed by atoms with Crippen LogP contribution in [0.1, 0.15) is 28.4 Å². The summed E-state index contributed by atoms with van der Waals surface area (Å²) in [7, 11) is 0. The Hall–Kier alpha value is -2.59. The van der Waals surface area contributed by atoms with E-state index >= 15 is 0 Å². The van der Waals surface area contributed by atoms with Gasteiger partial charge in [0.2, 0.25) is 0 Å². The molecule has 0 aliphatic carbocycles. The first-order chi connectivity index (χ1) is 12.0. The van der Waals surface area contributed by atoms with E-state index in [4.69, 9.17) is 16.3 Å². The second kappa shape index (κ2) is 7.11. The van der Waals surface area contributed by atoms with E-state index in [1.165, 1.54) is 0 Å². The van der Waals surface area contributed by atoms with Crippen molar-refractivity contribution in [1.29, 1.82) is 0 Å². The lowest BCUT2D eigenvalue weighted by molar-refractivity contribution is 0.0527. The van der Waals surface area contributed by atoms with Crippen LogP contribution in [0.15, 0.2) is 42.6 Å². The van der Waals surface area contributed by atoms with E-state index in [1.807, 2.05) is 50.2 Å². The average Bonchev–Trinajstić information content (AvgIpc) is 2.57. The molecule has 0 amide bonds. The van der Waals surface area contributed by atoms with Crippen LogP contribution in [0.25, 0.3) is 10.9 Å². The molecule has 4 nitrogen and oxygen atoms in total. The van der Waals surface area contributed by atoms with Gasteiger partial charge in [0.05, 0.1) is 17.8 Å². The maximum absolute atomic E-state index is 12.4. The average molecular weight is 355 g/mol. The summed E-state index contributed by atoms with van der Waals surface area (Å²) < 4.78 is 5.18. The molecule has 0 radical (unpaired) electrons. The number of nitrogens with zero attached hydrogens (tertiary/aromatic N) is 1. The molecular formula is C20H19ClN2O2. The highest BCUT2D eigenvalue weighted by atomic mass is 35.5. The van der Waals surface area contributed by atoms with Crippen LogP contribution in [-0.4, -0.2) is 17.6 Å². The van der Waals surface area contributed by atoms with E-state index < -0.39 is 5.97 Å². The molecular weight excluding hydrogens is 336 g/mol. The zero-order valence-electron chi connectivity index (χ0n) is 14.4. The highest BCUT2D eigenvalue weighted by Gasteiger charge is 2.18. The van der Waals surface area contributed by atoms with Gasteiger partial charge in [-0.2, -0.15) is 0 Å². The predicted octanol–water partition coefficient (Wildman–Crippen LogP) is 5.43. The van der Waals surface area contributed by atoms with Crippen LogP contribution in [0.4, 0.5) is 11.4 Å². The molecule has 128 valence electrons. The van der Waals surface area contributed by atoms with Gasteiger partial charge in [-0.1, -0.05) is 29.3 Å². The van der Waals surface area contributed by atoms with Crippen LogP contribution < -0.4 is 5.32 Å². The zero-order valence-corrected chi connectivity index (χ0v) is 15.1. The first kappa shape index (κ1) is 17.2. The minimum absolute atomic E-state index is 0.301. The quantitative estimate of drug-likeness (QED) is 0.635. The summed E-state index contributed by atoms with van der Waals surface area (Å²) in [6, 6.07) is 11.6. The number of benzene rings is 2. The van der Waals surface area contributed by atoms with Crippen LogP contribution in [0.5, 0.6) is 0 Å². The number of rotatable bonds is 4. The number of hydrogen-bond acceptors (Lipinski definition) is 4. The van der Waals surface area contributed by atoms with Gasteiger partial charge in [-0.05, 0) is 50.6 Å². The maximum atomic E-state index is 12.4. The Morgan fingerprint density at radius 3 is 2.60 bits per heavy atom. The number of pyridine rings is 1. The minimum atomic E-state index is -0.413. The highest BCUT2D eigenvalue weighted by molar-refractivity contribution is 6.31. The first-order valence-electron chi connectivity index (χ1n) is 8.09. The zero-order chi connectivity index (χ0) is 18.0. The number of aryl methyl sites for hydroxylation is 2. The number of aromatic nitrogens is 1. The van der Waals surface area contributed by atoms with Gasteiger partial charge in [0.15, 0.2) is 0 Å². The van der Waals surface area contributed by atoms with Crippen molar-refractivity contribution in [2.75, 3.05) is 11.9 Å². The third-order valence-electron chi connectivity index (χ3n) is 3.94. The number of fused-ring (bicyclic) bond motifs is 1. The second-order valence-corrected chi connectivity index (χ2v) is 6.31. The molecule has 3 aromatic rings. The molecule has 2 aromatic carbocycles. The van der Waals surface area contributed by atoms with Crippen molar-refractivity contribution in [1.82, 2.24) is 4.98 Å². The van der Waals surface area contributed by atoms with Crippen LogP contribution in [0.3, 0.4) is 0 Å². The van der Waals surface area contributed by atoms with Gasteiger partial charge in [0.1, 0.15) is 5.56 Å². The van der Waals surface area contributed by atoms with Gasteiger partial charge in [0, 0.05) is 22.3 Å². The van der Waals surface area contributed by atoms with Gasteiger partial charge in [-0.3, -0.25) is 4.98 Å². The largest absolute Gasteiger partial charge is 0.462 e. The van der Waals surface area contributed by atoms with E-state index in [9.17, 15) is 4.79 Å². The van der Waals surface area contributed by atoms with Crippen molar-refractivity contribution in [3.8, 4) is 0 Å². The summed E-state index contributed by atoms with van der Waals surface area (Å²) in [5.74, 6) is -0.413. The van der Waals surface area contributed by atoms with Crippen molar-refractivity contribution >= 4 is 39.8 Å². The summed E-state index contributed by atoms with van der Waals surface area (Å²) in [4.78, 5) is 16.8. The molecule has 0 aliphatic heterocycles. The Labute approximate surface area is 151 Å². The fourth-order valence-corrected chi connectivity index (χ4v) is 2.99. The van der Waals surface area contributed by atoms with E-state index in [2.05, 4.69) is 10.3 Å². The number of anilines is 2. The van der Waals surface area contributed by atoms with Crippen LogP contribution >= 0.6 is 11.6 Å². The molecule has 3 rings (SSSR count). The fraction of sp³-hybridized carbons (Fsp3) is 0.200. The summed E-state index contributed by atoms with van der Waals surface area (Å²) in [5.41, 5.74) is 4.82. The fourth-order valence-electron chi connectivity index (χ4n) is 2.72. The molecule has 0 bridgehead atoms. The van der Waals surface area contributed by atoms with Gasteiger partial charge >= 0.3 is 5.97 Å². The minimum Gasteiger partial charge on any atom is -0.462 e. The first-order valence-corrected chi connectivity index (χ1v) is 8.47. The third kappa shape index (κ3) is 3.59. The van der Waals surface area contributed by atoms with Gasteiger partial charge in [-0.25, -0.2) is 4.79 Å². The smallest absolute Gasteiger partial charge is 0.341 e. The summed E-state index contributed by atoms with van der Waals surface area (Å²) in [5, 5.41) is 4.72. The summed E-state index contributed by atoms with van der Waals surface area (Å²) >= 11 is 6.24. The molecule has 25 heavy (non-hydrogen) atoms. The van der Waals surface area contributed by atoms with E-state index in [1.54, 1.807) is 13.1 Å². The molecule has 0 atom stereocenters.